The molecule has 6 rings (SSSR count). The van der Waals surface area contributed by atoms with Crippen LogP contribution in [-0.4, -0.2) is 0 Å². The summed E-state index contributed by atoms with van der Waals surface area (Å²) in [5.74, 6) is 0. The van der Waals surface area contributed by atoms with Gasteiger partial charge in [0, 0.05) is 0 Å². The standard InChI is InChI=1S/2C18H15P.Ru/c2*1-4-10-16(11-5-1)19(17-12-6-2-7-13-17)18-14-8-3-9-15-18;/h2*1-15H;/q;;+5. The fourth-order valence-electron chi connectivity index (χ4n) is 4.36. The third-order valence-electron chi connectivity index (χ3n) is 6.09. The first kappa shape index (κ1) is 28.8. The molecule has 187 valence electrons. The Hall–Kier alpha value is -3.20. The van der Waals surface area contributed by atoms with Crippen molar-refractivity contribution < 1.29 is 19.5 Å². The van der Waals surface area contributed by atoms with Crippen molar-refractivity contribution in [3.8, 4) is 0 Å². The summed E-state index contributed by atoms with van der Waals surface area (Å²) in [6.07, 6.45) is 0. The smallest absolute Gasteiger partial charge is 0.0622 e. The summed E-state index contributed by atoms with van der Waals surface area (Å²) in [6.45, 7) is 0. The molecular formula is C36H30P2Ru+5. The molecule has 0 fully saturated rings. The van der Waals surface area contributed by atoms with Crippen LogP contribution in [0.25, 0.3) is 0 Å². The van der Waals surface area contributed by atoms with Gasteiger partial charge in [-0.25, -0.2) is 0 Å². The Kier molecular flexibility index (Phi) is 11.4. The quantitative estimate of drug-likeness (QED) is 0.140. The van der Waals surface area contributed by atoms with Crippen molar-refractivity contribution in [3.63, 3.8) is 0 Å². The van der Waals surface area contributed by atoms with Crippen molar-refractivity contribution in [2.45, 2.75) is 0 Å². The summed E-state index contributed by atoms with van der Waals surface area (Å²) in [5, 5.41) is 8.39. The van der Waals surface area contributed by atoms with Crippen molar-refractivity contribution in [2.75, 3.05) is 0 Å². The molecule has 3 heteroatoms. The average Bonchev–Trinajstić information content (AvgIpc) is 3.01. The van der Waals surface area contributed by atoms with Crippen molar-refractivity contribution >= 4 is 47.7 Å². The Balaban J connectivity index is 0.000000176. The zero-order chi connectivity index (χ0) is 25.8. The van der Waals surface area contributed by atoms with Crippen LogP contribution in [-0.2, 0) is 19.5 Å². The van der Waals surface area contributed by atoms with Gasteiger partial charge in [-0.15, -0.1) is 0 Å². The van der Waals surface area contributed by atoms with E-state index in [2.05, 4.69) is 182 Å². The molecule has 6 aromatic carbocycles. The molecule has 0 aliphatic carbocycles. The summed E-state index contributed by atoms with van der Waals surface area (Å²) >= 11 is 0. The normalized spacial score (nSPS) is 10.3. The van der Waals surface area contributed by atoms with E-state index in [9.17, 15) is 0 Å². The number of rotatable bonds is 6. The van der Waals surface area contributed by atoms with Gasteiger partial charge in [0.15, 0.2) is 0 Å². The predicted molar refractivity (Wildman–Crippen MR) is 170 cm³/mol. The molecule has 0 heterocycles. The van der Waals surface area contributed by atoms with Crippen LogP contribution >= 0.6 is 15.8 Å². The second-order valence-corrected chi connectivity index (χ2v) is 13.1. The van der Waals surface area contributed by atoms with Gasteiger partial charge in [-0.2, -0.15) is 0 Å². The largest absolute Gasteiger partial charge is 5.00 e. The fourth-order valence-corrected chi connectivity index (χ4v) is 8.97. The monoisotopic (exact) mass is 626 g/mol. The van der Waals surface area contributed by atoms with Crippen molar-refractivity contribution in [1.29, 1.82) is 0 Å². The zero-order valence-electron chi connectivity index (χ0n) is 21.6. The molecule has 0 saturated heterocycles. The van der Waals surface area contributed by atoms with Gasteiger partial charge >= 0.3 is 19.5 Å². The second-order valence-electron chi connectivity index (χ2n) is 8.68. The van der Waals surface area contributed by atoms with Crippen LogP contribution in [0, 0.1) is 0 Å². The van der Waals surface area contributed by atoms with Crippen molar-refractivity contribution in [3.05, 3.63) is 182 Å². The van der Waals surface area contributed by atoms with Gasteiger partial charge in [0.2, 0.25) is 0 Å². The minimum absolute atomic E-state index is 0. The Morgan fingerprint density at radius 2 is 0.333 bits per heavy atom. The molecule has 0 aromatic heterocycles. The molecule has 0 amide bonds. The van der Waals surface area contributed by atoms with E-state index >= 15 is 0 Å². The van der Waals surface area contributed by atoms with Gasteiger partial charge in [-0.3, -0.25) is 0 Å². The topological polar surface area (TPSA) is 0 Å². The van der Waals surface area contributed by atoms with E-state index in [-0.39, 0.29) is 19.5 Å². The van der Waals surface area contributed by atoms with Crippen LogP contribution in [0.15, 0.2) is 182 Å². The third-order valence-corrected chi connectivity index (χ3v) is 11.0. The molecule has 0 nitrogen and oxygen atoms in total. The van der Waals surface area contributed by atoms with Gasteiger partial charge in [0.05, 0.1) is 0 Å². The maximum atomic E-state index is 2.23. The van der Waals surface area contributed by atoms with Crippen LogP contribution in [0.2, 0.25) is 0 Å². The van der Waals surface area contributed by atoms with E-state index in [1.54, 1.807) is 0 Å². The van der Waals surface area contributed by atoms with E-state index in [0.717, 1.165) is 0 Å². The summed E-state index contributed by atoms with van der Waals surface area (Å²) in [7, 11) is -0.892. The van der Waals surface area contributed by atoms with E-state index in [4.69, 9.17) is 0 Å². The minimum atomic E-state index is -0.446. The number of benzene rings is 6. The second kappa shape index (κ2) is 15.4. The van der Waals surface area contributed by atoms with Crippen LogP contribution in [0.3, 0.4) is 0 Å². The van der Waals surface area contributed by atoms with Crippen LogP contribution in [0.5, 0.6) is 0 Å². The summed E-state index contributed by atoms with van der Waals surface area (Å²) in [4.78, 5) is 0. The SMILES string of the molecule is [Ru+5].c1ccc(P(c2ccccc2)c2ccccc2)cc1.c1ccc(P(c2ccccc2)c2ccccc2)cc1. The van der Waals surface area contributed by atoms with Gasteiger partial charge in [0.25, 0.3) is 0 Å². The summed E-state index contributed by atoms with van der Waals surface area (Å²) < 4.78 is 0. The third kappa shape index (κ3) is 7.91. The van der Waals surface area contributed by atoms with Crippen molar-refractivity contribution in [1.82, 2.24) is 0 Å². The molecule has 0 N–H and O–H groups in total. The van der Waals surface area contributed by atoms with Crippen molar-refractivity contribution in [2.24, 2.45) is 0 Å². The Bertz CT molecular complexity index is 1170. The van der Waals surface area contributed by atoms with E-state index in [0.29, 0.717) is 0 Å². The first-order valence-electron chi connectivity index (χ1n) is 12.8. The maximum Gasteiger partial charge on any atom is 5.00 e. The molecular weight excluding hydrogens is 595 g/mol. The molecule has 1 radical (unpaired) electrons. The van der Waals surface area contributed by atoms with Gasteiger partial charge in [-0.05, 0) is 47.7 Å². The molecule has 6 aromatic rings. The van der Waals surface area contributed by atoms with E-state index in [1.165, 1.54) is 31.8 Å². The van der Waals surface area contributed by atoms with Crippen LogP contribution in [0.4, 0.5) is 0 Å². The number of hydrogen-bond donors (Lipinski definition) is 0. The van der Waals surface area contributed by atoms with Crippen LogP contribution < -0.4 is 31.8 Å². The van der Waals surface area contributed by atoms with E-state index in [1.807, 2.05) is 0 Å². The Labute approximate surface area is 248 Å². The molecule has 0 aliphatic rings. The van der Waals surface area contributed by atoms with E-state index < -0.39 is 15.8 Å². The van der Waals surface area contributed by atoms with Gasteiger partial charge in [-0.1, -0.05) is 182 Å². The fraction of sp³-hybridized carbons (Fsp3) is 0. The Morgan fingerprint density at radius 3 is 0.462 bits per heavy atom. The molecule has 0 atom stereocenters. The number of hydrogen-bond acceptors (Lipinski definition) is 0. The average molecular weight is 626 g/mol. The predicted octanol–water partition coefficient (Wildman–Crippen LogP) is 6.89. The van der Waals surface area contributed by atoms with Gasteiger partial charge < -0.3 is 0 Å². The molecule has 0 spiro atoms. The molecule has 0 aliphatic heterocycles. The molecule has 0 bridgehead atoms. The summed E-state index contributed by atoms with van der Waals surface area (Å²) in [6, 6.07) is 64.7. The molecule has 0 saturated carbocycles. The zero-order valence-corrected chi connectivity index (χ0v) is 25.1. The first-order valence-corrected chi connectivity index (χ1v) is 15.5. The maximum absolute atomic E-state index is 2.23. The molecule has 0 unspecified atom stereocenters. The van der Waals surface area contributed by atoms with Crippen LogP contribution in [0.1, 0.15) is 0 Å². The minimum Gasteiger partial charge on any atom is -0.0622 e. The summed E-state index contributed by atoms with van der Waals surface area (Å²) in [5.41, 5.74) is 0. The molecule has 39 heavy (non-hydrogen) atoms. The first-order chi connectivity index (χ1) is 18.9. The Morgan fingerprint density at radius 1 is 0.205 bits per heavy atom. The van der Waals surface area contributed by atoms with Gasteiger partial charge in [0.1, 0.15) is 0 Å².